The van der Waals surface area contributed by atoms with Crippen molar-refractivity contribution >= 4 is 34.2 Å². The maximum Gasteiger partial charge on any atom is 0.335 e. The minimum atomic E-state index is -1.08. The summed E-state index contributed by atoms with van der Waals surface area (Å²) in [6.07, 6.45) is 1.33. The molecule has 1 aromatic heterocycles. The van der Waals surface area contributed by atoms with Crippen molar-refractivity contribution in [3.63, 3.8) is 0 Å². The zero-order valence-electron chi connectivity index (χ0n) is 10.7. The molecule has 0 aliphatic carbocycles. The Hall–Kier alpha value is -2.23. The largest absolute Gasteiger partial charge is 0.478 e. The van der Waals surface area contributed by atoms with Crippen LogP contribution in [0.5, 0.6) is 11.6 Å². The molecule has 1 heterocycles. The van der Waals surface area contributed by atoms with Crippen LogP contribution < -0.4 is 4.74 Å². The molecule has 8 heteroatoms. The third-order valence-electron chi connectivity index (χ3n) is 2.64. The minimum Gasteiger partial charge on any atom is -0.478 e. The Morgan fingerprint density at radius 2 is 2.14 bits per heavy atom. The van der Waals surface area contributed by atoms with E-state index in [0.29, 0.717) is 9.13 Å². The molecule has 1 aromatic carbocycles. The summed E-state index contributed by atoms with van der Waals surface area (Å²) in [7, 11) is 0. The van der Waals surface area contributed by atoms with Gasteiger partial charge in [0.25, 0.3) is 5.69 Å². The number of aromatic nitrogens is 1. The summed E-state index contributed by atoms with van der Waals surface area (Å²) in [5, 5.41) is 19.8. The van der Waals surface area contributed by atoms with Crippen LogP contribution in [0.25, 0.3) is 0 Å². The van der Waals surface area contributed by atoms with Crippen LogP contribution in [0, 0.1) is 20.6 Å². The second kappa shape index (κ2) is 6.04. The lowest BCUT2D eigenvalue weighted by atomic mass is 10.2. The maximum atomic E-state index is 10.9. The number of rotatable bonds is 4. The number of nitro groups is 1. The number of nitrogens with zero attached hydrogens (tertiary/aromatic N) is 2. The molecule has 1 N–H and O–H groups in total. The highest BCUT2D eigenvalue weighted by Gasteiger charge is 2.15. The number of halogens is 1. The number of carboxylic acid groups (broad SMARTS) is 1. The Bertz CT molecular complexity index is 732. The number of hydrogen-bond donors (Lipinski definition) is 1. The van der Waals surface area contributed by atoms with E-state index in [1.807, 2.05) is 22.6 Å². The molecule has 2 rings (SSSR count). The van der Waals surface area contributed by atoms with Gasteiger partial charge in [0.15, 0.2) is 0 Å². The maximum absolute atomic E-state index is 10.9. The Morgan fingerprint density at radius 1 is 1.43 bits per heavy atom. The topological polar surface area (TPSA) is 103 Å². The predicted molar refractivity (Wildman–Crippen MR) is 81.8 cm³/mol. The smallest absolute Gasteiger partial charge is 0.335 e. The fourth-order valence-corrected chi connectivity index (χ4v) is 2.02. The Morgan fingerprint density at radius 3 is 2.76 bits per heavy atom. The first-order valence-electron chi connectivity index (χ1n) is 5.70. The molecule has 0 spiro atoms. The van der Waals surface area contributed by atoms with Gasteiger partial charge in [0, 0.05) is 11.8 Å². The van der Waals surface area contributed by atoms with Gasteiger partial charge < -0.3 is 9.84 Å². The van der Waals surface area contributed by atoms with Crippen LogP contribution in [0.1, 0.15) is 15.9 Å². The Balaban J connectivity index is 2.38. The van der Waals surface area contributed by atoms with Crippen LogP contribution in [-0.4, -0.2) is 21.0 Å². The third kappa shape index (κ3) is 3.45. The first kappa shape index (κ1) is 15.2. The number of aromatic carboxylic acids is 1. The van der Waals surface area contributed by atoms with E-state index in [0.717, 1.165) is 0 Å². The summed E-state index contributed by atoms with van der Waals surface area (Å²) in [4.78, 5) is 25.3. The molecule has 0 aliphatic heterocycles. The molecular weight excluding hydrogens is 391 g/mol. The van der Waals surface area contributed by atoms with Gasteiger partial charge in [0.2, 0.25) is 5.88 Å². The molecule has 0 radical (unpaired) electrons. The Kier molecular flexibility index (Phi) is 4.36. The van der Waals surface area contributed by atoms with Gasteiger partial charge in [0.1, 0.15) is 5.75 Å². The van der Waals surface area contributed by atoms with E-state index in [2.05, 4.69) is 4.98 Å². The summed E-state index contributed by atoms with van der Waals surface area (Å²) >= 11 is 1.98. The van der Waals surface area contributed by atoms with E-state index >= 15 is 0 Å². The van der Waals surface area contributed by atoms with Gasteiger partial charge in [-0.15, -0.1) is 0 Å². The van der Waals surface area contributed by atoms with Crippen LogP contribution >= 0.6 is 22.6 Å². The van der Waals surface area contributed by atoms with E-state index < -0.39 is 10.9 Å². The molecule has 2 aromatic rings. The van der Waals surface area contributed by atoms with Crippen molar-refractivity contribution in [2.75, 3.05) is 0 Å². The lowest BCUT2D eigenvalue weighted by Gasteiger charge is -2.08. The average Bonchev–Trinajstić information content (AvgIpc) is 2.42. The molecular formula is C13H9IN2O5. The van der Waals surface area contributed by atoms with E-state index in [1.54, 1.807) is 13.0 Å². The van der Waals surface area contributed by atoms with Crippen LogP contribution in [0.2, 0.25) is 0 Å². The van der Waals surface area contributed by atoms with Crippen molar-refractivity contribution in [1.82, 2.24) is 4.98 Å². The summed E-state index contributed by atoms with van der Waals surface area (Å²) < 4.78 is 6.13. The molecule has 108 valence electrons. The summed E-state index contributed by atoms with van der Waals surface area (Å²) in [6.45, 7) is 1.57. The third-order valence-corrected chi connectivity index (χ3v) is 3.53. The van der Waals surface area contributed by atoms with Gasteiger partial charge >= 0.3 is 5.97 Å². The molecule has 0 aliphatic rings. The van der Waals surface area contributed by atoms with Gasteiger partial charge in [0.05, 0.1) is 20.1 Å². The van der Waals surface area contributed by atoms with Crippen LogP contribution in [0.4, 0.5) is 5.69 Å². The van der Waals surface area contributed by atoms with Crippen molar-refractivity contribution in [2.45, 2.75) is 6.92 Å². The summed E-state index contributed by atoms with van der Waals surface area (Å²) in [6, 6.07) is 5.58. The predicted octanol–water partition coefficient (Wildman–Crippen LogP) is 3.39. The van der Waals surface area contributed by atoms with Gasteiger partial charge in [-0.3, -0.25) is 10.1 Å². The number of aryl methyl sites for hydroxylation is 1. The molecule has 0 saturated carbocycles. The molecule has 7 nitrogen and oxygen atoms in total. The number of benzene rings is 1. The van der Waals surface area contributed by atoms with Crippen molar-refractivity contribution in [2.24, 2.45) is 0 Å². The summed E-state index contributed by atoms with van der Waals surface area (Å²) in [5.74, 6) is -0.770. The first-order chi connectivity index (χ1) is 9.88. The number of carbonyl (C=O) groups is 1. The second-order valence-electron chi connectivity index (χ2n) is 4.12. The highest BCUT2D eigenvalue weighted by atomic mass is 127. The van der Waals surface area contributed by atoms with Crippen LogP contribution in [0.3, 0.4) is 0 Å². The standard InChI is InChI=1S/C13H9IN2O5/c1-7-6-15-12(5-10(7)16(19)20)21-11-4-8(13(17)18)2-3-9(11)14/h2-6H,1H3,(H,17,18). The second-order valence-corrected chi connectivity index (χ2v) is 5.28. The quantitative estimate of drug-likeness (QED) is 0.480. The van der Waals surface area contributed by atoms with Gasteiger partial charge in [-0.2, -0.15) is 0 Å². The van der Waals surface area contributed by atoms with Gasteiger partial charge in [-0.05, 0) is 47.7 Å². The van der Waals surface area contributed by atoms with E-state index in [9.17, 15) is 14.9 Å². The number of ether oxygens (including phenoxy) is 1. The molecule has 0 bridgehead atoms. The average molecular weight is 400 g/mol. The number of pyridine rings is 1. The van der Waals surface area contributed by atoms with Crippen LogP contribution in [-0.2, 0) is 0 Å². The number of carboxylic acids is 1. The first-order valence-corrected chi connectivity index (χ1v) is 6.78. The number of hydrogen-bond acceptors (Lipinski definition) is 5. The van der Waals surface area contributed by atoms with Crippen molar-refractivity contribution in [3.8, 4) is 11.6 Å². The van der Waals surface area contributed by atoms with E-state index in [-0.39, 0.29) is 22.9 Å². The zero-order chi connectivity index (χ0) is 15.6. The van der Waals surface area contributed by atoms with Gasteiger partial charge in [-0.25, -0.2) is 9.78 Å². The van der Waals surface area contributed by atoms with Crippen molar-refractivity contribution in [3.05, 3.63) is 55.3 Å². The SMILES string of the molecule is Cc1cnc(Oc2cc(C(=O)O)ccc2I)cc1[N+](=O)[O-]. The van der Waals surface area contributed by atoms with E-state index in [4.69, 9.17) is 9.84 Å². The van der Waals surface area contributed by atoms with Crippen molar-refractivity contribution < 1.29 is 19.6 Å². The Labute approximate surface area is 132 Å². The minimum absolute atomic E-state index is 0.0350. The zero-order valence-corrected chi connectivity index (χ0v) is 12.9. The van der Waals surface area contributed by atoms with Crippen molar-refractivity contribution in [1.29, 1.82) is 0 Å². The molecule has 0 fully saturated rings. The molecule has 0 amide bonds. The monoisotopic (exact) mass is 400 g/mol. The van der Waals surface area contributed by atoms with Gasteiger partial charge in [-0.1, -0.05) is 0 Å². The lowest BCUT2D eigenvalue weighted by Crippen LogP contribution is -1.99. The van der Waals surface area contributed by atoms with Crippen LogP contribution in [0.15, 0.2) is 30.5 Å². The fourth-order valence-electron chi connectivity index (χ4n) is 1.57. The molecule has 0 atom stereocenters. The summed E-state index contributed by atoms with van der Waals surface area (Å²) in [5.41, 5.74) is 0.373. The fraction of sp³-hybridized carbons (Fsp3) is 0.0769. The highest BCUT2D eigenvalue weighted by molar-refractivity contribution is 14.1. The molecule has 0 saturated heterocycles. The molecule has 0 unspecified atom stereocenters. The molecule has 21 heavy (non-hydrogen) atoms. The highest BCUT2D eigenvalue weighted by Crippen LogP contribution is 2.29. The normalized spacial score (nSPS) is 10.2. The lowest BCUT2D eigenvalue weighted by molar-refractivity contribution is -0.385. The van der Waals surface area contributed by atoms with E-state index in [1.165, 1.54) is 24.4 Å².